The summed E-state index contributed by atoms with van der Waals surface area (Å²) in [4.78, 5) is 11.8. The van der Waals surface area contributed by atoms with Gasteiger partial charge in [-0.1, -0.05) is 92.4 Å². The fourth-order valence-electron chi connectivity index (χ4n) is 3.63. The lowest BCUT2D eigenvalue weighted by atomic mass is 9.91. The highest BCUT2D eigenvalue weighted by Crippen LogP contribution is 2.22. The maximum Gasteiger partial charge on any atom is 0.306 e. The molecule has 3 atom stereocenters. The first-order valence-corrected chi connectivity index (χ1v) is 11.5. The number of hydrogen-bond donors (Lipinski definition) is 0. The molecule has 0 aliphatic heterocycles. The average Bonchev–Trinajstić information content (AvgIpc) is 2.58. The summed E-state index contributed by atoms with van der Waals surface area (Å²) in [5.41, 5.74) is 0. The van der Waals surface area contributed by atoms with Gasteiger partial charge < -0.3 is 9.47 Å². The Morgan fingerprint density at radius 3 is 1.63 bits per heavy atom. The van der Waals surface area contributed by atoms with Crippen molar-refractivity contribution in [2.24, 2.45) is 23.7 Å². The van der Waals surface area contributed by atoms with Gasteiger partial charge in [0.1, 0.15) is 0 Å². The number of hydrogen-bond acceptors (Lipinski definition) is 3. The third-order valence-corrected chi connectivity index (χ3v) is 5.54. The number of ether oxygens (including phenoxy) is 2. The average molecular weight is 385 g/mol. The quantitative estimate of drug-likeness (QED) is 0.188. The van der Waals surface area contributed by atoms with E-state index in [0.29, 0.717) is 25.6 Å². The van der Waals surface area contributed by atoms with Crippen molar-refractivity contribution >= 4 is 5.97 Å². The molecule has 0 saturated heterocycles. The molecule has 0 fully saturated rings. The van der Waals surface area contributed by atoms with E-state index in [1.165, 1.54) is 51.4 Å². The van der Waals surface area contributed by atoms with E-state index >= 15 is 0 Å². The van der Waals surface area contributed by atoms with Crippen LogP contribution < -0.4 is 0 Å². The second kappa shape index (κ2) is 17.5. The van der Waals surface area contributed by atoms with E-state index in [1.54, 1.807) is 7.11 Å². The fourth-order valence-corrected chi connectivity index (χ4v) is 3.63. The molecule has 0 aromatic carbocycles. The monoisotopic (exact) mass is 384 g/mol. The Labute approximate surface area is 170 Å². The van der Waals surface area contributed by atoms with Gasteiger partial charge in [0, 0.05) is 26.6 Å². The van der Waals surface area contributed by atoms with Crippen LogP contribution in [0, 0.1) is 23.7 Å². The number of rotatable bonds is 18. The van der Waals surface area contributed by atoms with Crippen LogP contribution in [-0.4, -0.2) is 26.3 Å². The molecule has 0 heterocycles. The van der Waals surface area contributed by atoms with Crippen LogP contribution >= 0.6 is 0 Å². The molecule has 0 aromatic heterocycles. The number of carbonyl (C=O) groups is 1. The Kier molecular flexibility index (Phi) is 17.2. The SMILES string of the molecule is COCCCOC(=O)CC(C)CCCC(C)CCCC(C)CCCC(C)C. The lowest BCUT2D eigenvalue weighted by molar-refractivity contribution is -0.145. The van der Waals surface area contributed by atoms with Gasteiger partial charge in [-0.3, -0.25) is 4.79 Å². The van der Waals surface area contributed by atoms with E-state index < -0.39 is 0 Å². The first-order valence-electron chi connectivity index (χ1n) is 11.5. The minimum Gasteiger partial charge on any atom is -0.466 e. The molecular weight excluding hydrogens is 336 g/mol. The van der Waals surface area contributed by atoms with E-state index in [4.69, 9.17) is 9.47 Å². The molecule has 0 radical (unpaired) electrons. The molecule has 0 rings (SSSR count). The Bertz CT molecular complexity index is 341. The summed E-state index contributed by atoms with van der Waals surface area (Å²) in [6, 6.07) is 0. The molecule has 0 saturated carbocycles. The normalized spacial score (nSPS) is 14.9. The van der Waals surface area contributed by atoms with Crippen molar-refractivity contribution in [1.29, 1.82) is 0 Å². The zero-order valence-corrected chi connectivity index (χ0v) is 19.2. The Morgan fingerprint density at radius 1 is 0.667 bits per heavy atom. The summed E-state index contributed by atoms with van der Waals surface area (Å²) in [6.45, 7) is 12.7. The molecular formula is C24H48O3. The molecule has 27 heavy (non-hydrogen) atoms. The molecule has 0 spiro atoms. The van der Waals surface area contributed by atoms with Crippen LogP contribution in [0.25, 0.3) is 0 Å². The van der Waals surface area contributed by atoms with Crippen molar-refractivity contribution in [2.45, 2.75) is 105 Å². The fraction of sp³-hybridized carbons (Fsp3) is 0.958. The Hall–Kier alpha value is -0.570. The van der Waals surface area contributed by atoms with Gasteiger partial charge in [-0.15, -0.1) is 0 Å². The van der Waals surface area contributed by atoms with Crippen LogP contribution in [0.4, 0.5) is 0 Å². The van der Waals surface area contributed by atoms with Crippen LogP contribution in [-0.2, 0) is 14.3 Å². The molecule has 162 valence electrons. The van der Waals surface area contributed by atoms with E-state index in [9.17, 15) is 4.79 Å². The van der Waals surface area contributed by atoms with Gasteiger partial charge in [0.25, 0.3) is 0 Å². The first-order chi connectivity index (χ1) is 12.8. The molecule has 3 nitrogen and oxygen atoms in total. The van der Waals surface area contributed by atoms with E-state index in [1.807, 2.05) is 0 Å². The summed E-state index contributed by atoms with van der Waals surface area (Å²) in [5.74, 6) is 2.90. The first kappa shape index (κ1) is 26.4. The third-order valence-electron chi connectivity index (χ3n) is 5.54. The minimum absolute atomic E-state index is 0.0573. The van der Waals surface area contributed by atoms with Gasteiger partial charge in [0.05, 0.1) is 6.61 Å². The van der Waals surface area contributed by atoms with Gasteiger partial charge >= 0.3 is 5.97 Å². The summed E-state index contributed by atoms with van der Waals surface area (Å²) in [6.07, 6.45) is 13.2. The zero-order chi connectivity index (χ0) is 20.5. The highest BCUT2D eigenvalue weighted by Gasteiger charge is 2.11. The van der Waals surface area contributed by atoms with Crippen molar-refractivity contribution < 1.29 is 14.3 Å². The van der Waals surface area contributed by atoms with Gasteiger partial charge in [-0.2, -0.15) is 0 Å². The minimum atomic E-state index is -0.0573. The zero-order valence-electron chi connectivity index (χ0n) is 19.2. The predicted octanol–water partition coefficient (Wildman–Crippen LogP) is 7.03. The lowest BCUT2D eigenvalue weighted by Gasteiger charge is -2.16. The standard InChI is InChI=1S/C24H48O3/c1-20(2)11-7-12-21(3)13-8-14-22(4)15-9-16-23(5)19-24(25)27-18-10-17-26-6/h20-23H,7-19H2,1-6H3. The highest BCUT2D eigenvalue weighted by atomic mass is 16.5. The highest BCUT2D eigenvalue weighted by molar-refractivity contribution is 5.69. The second-order valence-corrected chi connectivity index (χ2v) is 9.27. The molecule has 3 unspecified atom stereocenters. The van der Waals surface area contributed by atoms with Crippen molar-refractivity contribution in [1.82, 2.24) is 0 Å². The topological polar surface area (TPSA) is 35.5 Å². The Morgan fingerprint density at radius 2 is 1.15 bits per heavy atom. The van der Waals surface area contributed by atoms with Crippen molar-refractivity contribution in [3.8, 4) is 0 Å². The number of esters is 1. The largest absolute Gasteiger partial charge is 0.466 e. The predicted molar refractivity (Wildman–Crippen MR) is 116 cm³/mol. The second-order valence-electron chi connectivity index (χ2n) is 9.27. The van der Waals surface area contributed by atoms with Crippen molar-refractivity contribution in [3.05, 3.63) is 0 Å². The van der Waals surface area contributed by atoms with Crippen LogP contribution in [0.1, 0.15) is 105 Å². The molecule has 0 amide bonds. The summed E-state index contributed by atoms with van der Waals surface area (Å²) < 4.78 is 10.2. The van der Waals surface area contributed by atoms with Crippen LogP contribution in [0.5, 0.6) is 0 Å². The molecule has 0 bridgehead atoms. The summed E-state index contributed by atoms with van der Waals surface area (Å²) in [5, 5.41) is 0. The van der Waals surface area contributed by atoms with E-state index in [-0.39, 0.29) is 5.97 Å². The van der Waals surface area contributed by atoms with Crippen molar-refractivity contribution in [3.63, 3.8) is 0 Å². The van der Waals surface area contributed by atoms with E-state index in [2.05, 4.69) is 34.6 Å². The summed E-state index contributed by atoms with van der Waals surface area (Å²) in [7, 11) is 1.67. The summed E-state index contributed by atoms with van der Waals surface area (Å²) >= 11 is 0. The van der Waals surface area contributed by atoms with Gasteiger partial charge in [-0.05, 0) is 23.7 Å². The molecule has 0 aliphatic carbocycles. The van der Waals surface area contributed by atoms with Gasteiger partial charge in [0.15, 0.2) is 0 Å². The third kappa shape index (κ3) is 18.6. The molecule has 0 aliphatic rings. The Balaban J connectivity index is 3.60. The smallest absolute Gasteiger partial charge is 0.306 e. The number of methoxy groups -OCH3 is 1. The van der Waals surface area contributed by atoms with Gasteiger partial charge in [-0.25, -0.2) is 0 Å². The van der Waals surface area contributed by atoms with Gasteiger partial charge in [0.2, 0.25) is 0 Å². The lowest BCUT2D eigenvalue weighted by Crippen LogP contribution is -2.11. The maximum atomic E-state index is 11.8. The van der Waals surface area contributed by atoms with E-state index in [0.717, 1.165) is 30.6 Å². The van der Waals surface area contributed by atoms with Crippen molar-refractivity contribution in [2.75, 3.05) is 20.3 Å². The molecule has 3 heteroatoms. The van der Waals surface area contributed by atoms with Crippen LogP contribution in [0.2, 0.25) is 0 Å². The number of carbonyl (C=O) groups excluding carboxylic acids is 1. The maximum absolute atomic E-state index is 11.8. The van der Waals surface area contributed by atoms with Crippen LogP contribution in [0.3, 0.4) is 0 Å². The molecule has 0 aromatic rings. The molecule has 0 N–H and O–H groups in total. The van der Waals surface area contributed by atoms with Crippen LogP contribution in [0.15, 0.2) is 0 Å².